The minimum Gasteiger partial charge on any atom is -0.469 e. The number of rotatable bonds is 9. The molecule has 0 fully saturated rings. The van der Waals surface area contributed by atoms with Crippen molar-refractivity contribution >= 4 is 5.97 Å². The fraction of sp³-hybridized carbons (Fsp3) is 0.917. The number of hydrogen-bond acceptors (Lipinski definition) is 3. The number of aliphatic hydroxyl groups excluding tert-OH is 1. The minimum atomic E-state index is -0.150. The van der Waals surface area contributed by atoms with Crippen LogP contribution >= 0.6 is 0 Å². The molecule has 3 heteroatoms. The third kappa shape index (κ3) is 9.73. The van der Waals surface area contributed by atoms with Gasteiger partial charge in [-0.1, -0.05) is 32.6 Å². The van der Waals surface area contributed by atoms with Gasteiger partial charge in [-0.2, -0.15) is 0 Å². The molecule has 0 aliphatic rings. The lowest BCUT2D eigenvalue weighted by Gasteiger charge is -2.08. The van der Waals surface area contributed by atoms with E-state index in [1.54, 1.807) is 0 Å². The fourth-order valence-electron chi connectivity index (χ4n) is 1.51. The van der Waals surface area contributed by atoms with E-state index in [1.165, 1.54) is 7.11 Å². The highest BCUT2D eigenvalue weighted by atomic mass is 16.5. The van der Waals surface area contributed by atoms with Gasteiger partial charge < -0.3 is 9.84 Å². The first-order valence-corrected chi connectivity index (χ1v) is 5.95. The monoisotopic (exact) mass is 216 g/mol. The summed E-state index contributed by atoms with van der Waals surface area (Å²) in [6, 6.07) is 0. The van der Waals surface area contributed by atoms with E-state index in [4.69, 9.17) is 0 Å². The van der Waals surface area contributed by atoms with Crippen LogP contribution in [0.15, 0.2) is 0 Å². The Morgan fingerprint density at radius 3 is 2.47 bits per heavy atom. The van der Waals surface area contributed by atoms with Crippen molar-refractivity contribution in [1.29, 1.82) is 0 Å². The van der Waals surface area contributed by atoms with Crippen LogP contribution in [-0.2, 0) is 9.53 Å². The second-order valence-electron chi connectivity index (χ2n) is 3.97. The van der Waals surface area contributed by atoms with Crippen molar-refractivity contribution in [2.24, 2.45) is 0 Å². The van der Waals surface area contributed by atoms with E-state index in [2.05, 4.69) is 11.7 Å². The summed E-state index contributed by atoms with van der Waals surface area (Å²) in [7, 11) is 1.41. The van der Waals surface area contributed by atoms with E-state index in [1.807, 2.05) is 0 Å². The normalized spacial score (nSPS) is 12.5. The molecular formula is C12H24O3. The molecule has 1 N–H and O–H groups in total. The molecule has 0 amide bonds. The zero-order valence-corrected chi connectivity index (χ0v) is 10.00. The van der Waals surface area contributed by atoms with Crippen LogP contribution in [0.25, 0.3) is 0 Å². The molecule has 3 nitrogen and oxygen atoms in total. The second kappa shape index (κ2) is 9.97. The SMILES string of the molecule is CCCCC(O)CCCCCC(=O)OC. The van der Waals surface area contributed by atoms with E-state index in [0.717, 1.165) is 44.9 Å². The maximum Gasteiger partial charge on any atom is 0.305 e. The van der Waals surface area contributed by atoms with Crippen LogP contribution in [-0.4, -0.2) is 24.3 Å². The molecule has 0 saturated carbocycles. The summed E-state index contributed by atoms with van der Waals surface area (Å²) in [5.74, 6) is -0.137. The minimum absolute atomic E-state index is 0.137. The number of ether oxygens (including phenoxy) is 1. The highest BCUT2D eigenvalue weighted by molar-refractivity contribution is 5.68. The number of hydrogen-bond donors (Lipinski definition) is 1. The topological polar surface area (TPSA) is 46.5 Å². The first kappa shape index (κ1) is 14.4. The fourth-order valence-corrected chi connectivity index (χ4v) is 1.51. The van der Waals surface area contributed by atoms with Gasteiger partial charge >= 0.3 is 5.97 Å². The van der Waals surface area contributed by atoms with Crippen LogP contribution < -0.4 is 0 Å². The van der Waals surface area contributed by atoms with Crippen molar-refractivity contribution in [2.45, 2.75) is 64.4 Å². The van der Waals surface area contributed by atoms with Crippen LogP contribution in [0.2, 0.25) is 0 Å². The van der Waals surface area contributed by atoms with E-state index in [-0.39, 0.29) is 12.1 Å². The van der Waals surface area contributed by atoms with Crippen molar-refractivity contribution in [3.63, 3.8) is 0 Å². The largest absolute Gasteiger partial charge is 0.469 e. The number of carbonyl (C=O) groups excluding carboxylic acids is 1. The summed E-state index contributed by atoms with van der Waals surface area (Å²) in [5.41, 5.74) is 0. The molecule has 0 rings (SSSR count). The molecule has 0 aromatic heterocycles. The van der Waals surface area contributed by atoms with Gasteiger partial charge in [-0.15, -0.1) is 0 Å². The zero-order chi connectivity index (χ0) is 11.5. The maximum absolute atomic E-state index is 10.8. The predicted molar refractivity (Wildman–Crippen MR) is 60.6 cm³/mol. The molecule has 0 heterocycles. The van der Waals surface area contributed by atoms with Crippen LogP contribution in [0.4, 0.5) is 0 Å². The van der Waals surface area contributed by atoms with Gasteiger partial charge in [0.1, 0.15) is 0 Å². The van der Waals surface area contributed by atoms with Crippen LogP contribution in [0, 0.1) is 0 Å². The highest BCUT2D eigenvalue weighted by Crippen LogP contribution is 2.10. The van der Waals surface area contributed by atoms with Gasteiger partial charge in [-0.3, -0.25) is 4.79 Å². The molecule has 0 aliphatic carbocycles. The van der Waals surface area contributed by atoms with Gasteiger partial charge in [0.25, 0.3) is 0 Å². The van der Waals surface area contributed by atoms with Crippen molar-refractivity contribution in [3.05, 3.63) is 0 Å². The number of esters is 1. The summed E-state index contributed by atoms with van der Waals surface area (Å²) in [6.07, 6.45) is 7.23. The number of aliphatic hydroxyl groups is 1. The molecule has 0 saturated heterocycles. The molecule has 0 radical (unpaired) electrons. The molecule has 90 valence electrons. The van der Waals surface area contributed by atoms with Crippen LogP contribution in [0.5, 0.6) is 0 Å². The van der Waals surface area contributed by atoms with Gasteiger partial charge in [0.15, 0.2) is 0 Å². The van der Waals surface area contributed by atoms with E-state index in [0.29, 0.717) is 6.42 Å². The lowest BCUT2D eigenvalue weighted by atomic mass is 10.0. The Bertz CT molecular complexity index is 157. The summed E-state index contributed by atoms with van der Waals surface area (Å²) in [5, 5.41) is 9.54. The van der Waals surface area contributed by atoms with E-state index < -0.39 is 0 Å². The zero-order valence-electron chi connectivity index (χ0n) is 10.00. The summed E-state index contributed by atoms with van der Waals surface area (Å²) in [4.78, 5) is 10.8. The average molecular weight is 216 g/mol. The molecule has 0 aliphatic heterocycles. The Labute approximate surface area is 92.8 Å². The Balaban J connectivity index is 3.19. The standard InChI is InChI=1S/C12H24O3/c1-3-4-8-11(13)9-6-5-7-10-12(14)15-2/h11,13H,3-10H2,1-2H3. The van der Waals surface area contributed by atoms with Gasteiger partial charge in [0, 0.05) is 6.42 Å². The smallest absolute Gasteiger partial charge is 0.305 e. The van der Waals surface area contributed by atoms with Crippen LogP contribution in [0.1, 0.15) is 58.3 Å². The molecular weight excluding hydrogens is 192 g/mol. The molecule has 0 aromatic rings. The lowest BCUT2D eigenvalue weighted by molar-refractivity contribution is -0.140. The van der Waals surface area contributed by atoms with Crippen molar-refractivity contribution < 1.29 is 14.6 Å². The highest BCUT2D eigenvalue weighted by Gasteiger charge is 2.04. The van der Waals surface area contributed by atoms with Crippen molar-refractivity contribution in [2.75, 3.05) is 7.11 Å². The van der Waals surface area contributed by atoms with Crippen molar-refractivity contribution in [1.82, 2.24) is 0 Å². The van der Waals surface area contributed by atoms with Gasteiger partial charge in [-0.05, 0) is 19.3 Å². The van der Waals surface area contributed by atoms with Crippen molar-refractivity contribution in [3.8, 4) is 0 Å². The lowest BCUT2D eigenvalue weighted by Crippen LogP contribution is -2.06. The average Bonchev–Trinajstić information content (AvgIpc) is 2.25. The van der Waals surface area contributed by atoms with E-state index >= 15 is 0 Å². The second-order valence-corrected chi connectivity index (χ2v) is 3.97. The van der Waals surface area contributed by atoms with Gasteiger partial charge in [0.05, 0.1) is 13.2 Å². The third-order valence-electron chi connectivity index (χ3n) is 2.54. The van der Waals surface area contributed by atoms with Crippen LogP contribution in [0.3, 0.4) is 0 Å². The Morgan fingerprint density at radius 1 is 1.20 bits per heavy atom. The van der Waals surface area contributed by atoms with Gasteiger partial charge in [0.2, 0.25) is 0 Å². The first-order chi connectivity index (χ1) is 7.20. The summed E-state index contributed by atoms with van der Waals surface area (Å²) >= 11 is 0. The molecule has 1 atom stereocenters. The molecule has 0 bridgehead atoms. The Morgan fingerprint density at radius 2 is 1.87 bits per heavy atom. The molecule has 15 heavy (non-hydrogen) atoms. The quantitative estimate of drug-likeness (QED) is 0.476. The number of methoxy groups -OCH3 is 1. The summed E-state index contributed by atoms with van der Waals surface area (Å²) in [6.45, 7) is 2.13. The Hall–Kier alpha value is -0.570. The molecule has 0 aromatic carbocycles. The first-order valence-electron chi connectivity index (χ1n) is 5.95. The molecule has 1 unspecified atom stereocenters. The molecule has 0 spiro atoms. The van der Waals surface area contributed by atoms with Gasteiger partial charge in [-0.25, -0.2) is 0 Å². The summed E-state index contributed by atoms with van der Waals surface area (Å²) < 4.78 is 4.54. The third-order valence-corrected chi connectivity index (χ3v) is 2.54. The predicted octanol–water partition coefficient (Wildman–Crippen LogP) is 2.66. The number of carbonyl (C=O) groups is 1. The maximum atomic E-state index is 10.8. The Kier molecular flexibility index (Phi) is 9.59. The number of unbranched alkanes of at least 4 members (excludes halogenated alkanes) is 3. The van der Waals surface area contributed by atoms with E-state index in [9.17, 15) is 9.90 Å².